The Morgan fingerprint density at radius 3 is 2.62 bits per heavy atom. The molecule has 1 N–H and O–H groups in total. The number of nitrogens with one attached hydrogen (secondary N) is 1. The summed E-state index contributed by atoms with van der Waals surface area (Å²) in [5, 5.41) is 3.41. The first-order valence-electron chi connectivity index (χ1n) is 8.03. The Labute approximate surface area is 134 Å². The van der Waals surface area contributed by atoms with Crippen LogP contribution in [-0.2, 0) is 9.53 Å². The van der Waals surface area contributed by atoms with Crippen LogP contribution < -0.4 is 5.32 Å². The first-order valence-corrected chi connectivity index (χ1v) is 8.03. The second-order valence-corrected chi connectivity index (χ2v) is 5.94. The van der Waals surface area contributed by atoms with E-state index in [2.05, 4.69) is 22.0 Å². The molecule has 21 heavy (non-hydrogen) atoms. The molecule has 2 atom stereocenters. The first kappa shape index (κ1) is 18.7. The van der Waals surface area contributed by atoms with E-state index in [4.69, 9.17) is 4.74 Å². The molecule has 0 unspecified atom stereocenters. The van der Waals surface area contributed by atoms with E-state index < -0.39 is 0 Å². The number of ether oxygens (including phenoxy) is 1. The molecule has 0 aromatic heterocycles. The number of carbonyl (C=O) groups is 1. The summed E-state index contributed by atoms with van der Waals surface area (Å²) in [5.74, 6) is 0.615. The van der Waals surface area contributed by atoms with Gasteiger partial charge in [0.2, 0.25) is 5.91 Å². The van der Waals surface area contributed by atoms with Crippen molar-refractivity contribution in [1.82, 2.24) is 15.1 Å². The molecule has 2 fully saturated rings. The molecule has 5 nitrogen and oxygen atoms in total. The standard InChI is InChI=1S/C15H29N3O2.ClH/c1-3-20-11-10-17-6-8-18(9-7-17)15(19)14-4-5-16-13(2)12-14;/h13-14,16H,3-12H2,1-2H3;1H/t13-,14-;/m0./s1. The highest BCUT2D eigenvalue weighted by Crippen LogP contribution is 2.19. The quantitative estimate of drug-likeness (QED) is 0.767. The maximum Gasteiger partial charge on any atom is 0.225 e. The van der Waals surface area contributed by atoms with Gasteiger partial charge < -0.3 is 15.0 Å². The highest BCUT2D eigenvalue weighted by atomic mass is 35.5. The Morgan fingerprint density at radius 2 is 2.00 bits per heavy atom. The average molecular weight is 320 g/mol. The van der Waals surface area contributed by atoms with E-state index in [1.807, 2.05) is 6.92 Å². The summed E-state index contributed by atoms with van der Waals surface area (Å²) in [4.78, 5) is 17.0. The van der Waals surface area contributed by atoms with E-state index in [9.17, 15) is 4.79 Å². The van der Waals surface area contributed by atoms with E-state index in [-0.39, 0.29) is 18.3 Å². The van der Waals surface area contributed by atoms with Crippen LogP contribution >= 0.6 is 12.4 Å². The normalized spacial score (nSPS) is 27.2. The third-order valence-electron chi connectivity index (χ3n) is 4.41. The average Bonchev–Trinajstić information content (AvgIpc) is 2.47. The van der Waals surface area contributed by atoms with Gasteiger partial charge in [-0.05, 0) is 33.2 Å². The van der Waals surface area contributed by atoms with Crippen LogP contribution in [0.4, 0.5) is 0 Å². The second-order valence-electron chi connectivity index (χ2n) is 5.94. The van der Waals surface area contributed by atoms with Crippen molar-refractivity contribution in [1.29, 1.82) is 0 Å². The van der Waals surface area contributed by atoms with E-state index in [0.717, 1.165) is 65.3 Å². The number of hydrogen-bond acceptors (Lipinski definition) is 4. The summed E-state index contributed by atoms with van der Waals surface area (Å²) in [5.41, 5.74) is 0. The molecular formula is C15H30ClN3O2. The van der Waals surface area contributed by atoms with Gasteiger partial charge in [0.15, 0.2) is 0 Å². The van der Waals surface area contributed by atoms with Crippen molar-refractivity contribution in [3.63, 3.8) is 0 Å². The van der Waals surface area contributed by atoms with Gasteiger partial charge in [-0.25, -0.2) is 0 Å². The molecule has 2 aliphatic heterocycles. The number of piperazine rings is 1. The van der Waals surface area contributed by atoms with Crippen LogP contribution in [0.15, 0.2) is 0 Å². The predicted molar refractivity (Wildman–Crippen MR) is 86.9 cm³/mol. The van der Waals surface area contributed by atoms with Crippen LogP contribution in [0.25, 0.3) is 0 Å². The lowest BCUT2D eigenvalue weighted by molar-refractivity contribution is -0.138. The van der Waals surface area contributed by atoms with Crippen LogP contribution in [0.1, 0.15) is 26.7 Å². The molecule has 1 amide bonds. The minimum atomic E-state index is 0. The number of carbonyl (C=O) groups excluding carboxylic acids is 1. The van der Waals surface area contributed by atoms with Gasteiger partial charge in [-0.15, -0.1) is 12.4 Å². The lowest BCUT2D eigenvalue weighted by atomic mass is 9.92. The lowest BCUT2D eigenvalue weighted by Crippen LogP contribution is -2.52. The molecule has 124 valence electrons. The molecule has 0 bridgehead atoms. The van der Waals surface area contributed by atoms with E-state index in [1.54, 1.807) is 0 Å². The van der Waals surface area contributed by atoms with Crippen LogP contribution in [0.5, 0.6) is 0 Å². The Morgan fingerprint density at radius 1 is 1.29 bits per heavy atom. The highest BCUT2D eigenvalue weighted by molar-refractivity contribution is 5.85. The van der Waals surface area contributed by atoms with Crippen molar-refractivity contribution in [2.24, 2.45) is 5.92 Å². The number of rotatable bonds is 5. The SMILES string of the molecule is CCOCCN1CCN(C(=O)[C@H]2CCN[C@@H](C)C2)CC1.Cl. The number of piperidine rings is 1. The van der Waals surface area contributed by atoms with Crippen LogP contribution in [0.2, 0.25) is 0 Å². The fourth-order valence-corrected chi connectivity index (χ4v) is 3.14. The largest absolute Gasteiger partial charge is 0.380 e. The van der Waals surface area contributed by atoms with Crippen LogP contribution in [0.3, 0.4) is 0 Å². The van der Waals surface area contributed by atoms with Crippen molar-refractivity contribution in [3.05, 3.63) is 0 Å². The van der Waals surface area contributed by atoms with Crippen LogP contribution in [-0.4, -0.2) is 74.2 Å². The van der Waals surface area contributed by atoms with Gasteiger partial charge in [0.1, 0.15) is 0 Å². The van der Waals surface area contributed by atoms with Gasteiger partial charge in [-0.2, -0.15) is 0 Å². The Hall–Kier alpha value is -0.360. The van der Waals surface area contributed by atoms with Gasteiger partial charge in [0.05, 0.1) is 6.61 Å². The van der Waals surface area contributed by atoms with Gasteiger partial charge in [-0.3, -0.25) is 9.69 Å². The molecule has 6 heteroatoms. The summed E-state index contributed by atoms with van der Waals surface area (Å²) in [6, 6.07) is 0.477. The summed E-state index contributed by atoms with van der Waals surface area (Å²) < 4.78 is 5.39. The maximum absolute atomic E-state index is 12.5. The zero-order valence-corrected chi connectivity index (χ0v) is 14.2. The molecule has 2 aliphatic rings. The minimum Gasteiger partial charge on any atom is -0.380 e. The summed E-state index contributed by atoms with van der Waals surface area (Å²) >= 11 is 0. The molecule has 0 saturated carbocycles. The molecule has 0 aliphatic carbocycles. The van der Waals surface area contributed by atoms with Gasteiger partial charge >= 0.3 is 0 Å². The van der Waals surface area contributed by atoms with Gasteiger partial charge in [-0.1, -0.05) is 0 Å². The van der Waals surface area contributed by atoms with Crippen molar-refractivity contribution < 1.29 is 9.53 Å². The maximum atomic E-state index is 12.5. The van der Waals surface area contributed by atoms with E-state index >= 15 is 0 Å². The third-order valence-corrected chi connectivity index (χ3v) is 4.41. The number of nitrogens with zero attached hydrogens (tertiary/aromatic N) is 2. The van der Waals surface area contributed by atoms with Crippen molar-refractivity contribution in [3.8, 4) is 0 Å². The minimum absolute atomic E-state index is 0. The first-order chi connectivity index (χ1) is 9.70. The molecule has 0 radical (unpaired) electrons. The Bertz CT molecular complexity index is 309. The van der Waals surface area contributed by atoms with E-state index in [1.165, 1.54) is 0 Å². The molecule has 0 aromatic carbocycles. The fourth-order valence-electron chi connectivity index (χ4n) is 3.14. The Balaban J connectivity index is 0.00000220. The number of hydrogen-bond donors (Lipinski definition) is 1. The molecule has 2 rings (SSSR count). The smallest absolute Gasteiger partial charge is 0.225 e. The molecule has 0 aromatic rings. The molecular weight excluding hydrogens is 290 g/mol. The highest BCUT2D eigenvalue weighted by Gasteiger charge is 2.30. The third kappa shape index (κ3) is 5.74. The monoisotopic (exact) mass is 319 g/mol. The molecule has 2 saturated heterocycles. The molecule has 2 heterocycles. The van der Waals surface area contributed by atoms with Crippen LogP contribution in [0, 0.1) is 5.92 Å². The lowest BCUT2D eigenvalue weighted by Gasteiger charge is -2.38. The van der Waals surface area contributed by atoms with Gasteiger partial charge in [0.25, 0.3) is 0 Å². The summed E-state index contributed by atoms with van der Waals surface area (Å²) in [6.45, 7) is 11.5. The topological polar surface area (TPSA) is 44.8 Å². The zero-order chi connectivity index (χ0) is 14.4. The summed E-state index contributed by atoms with van der Waals surface area (Å²) in [6.07, 6.45) is 1.98. The predicted octanol–water partition coefficient (Wildman–Crippen LogP) is 0.977. The molecule has 0 spiro atoms. The van der Waals surface area contributed by atoms with Crippen molar-refractivity contribution in [2.75, 3.05) is 52.5 Å². The summed E-state index contributed by atoms with van der Waals surface area (Å²) in [7, 11) is 0. The fraction of sp³-hybridized carbons (Fsp3) is 0.933. The van der Waals surface area contributed by atoms with E-state index in [0.29, 0.717) is 11.9 Å². The Kier molecular flexibility index (Phi) is 8.56. The number of amides is 1. The van der Waals surface area contributed by atoms with Crippen molar-refractivity contribution >= 4 is 18.3 Å². The zero-order valence-electron chi connectivity index (χ0n) is 13.3. The number of halogens is 1. The second kappa shape index (κ2) is 9.62. The van der Waals surface area contributed by atoms with Crippen molar-refractivity contribution in [2.45, 2.75) is 32.7 Å². The van der Waals surface area contributed by atoms with Gasteiger partial charge in [0, 0.05) is 51.3 Å².